The smallest absolute Gasteiger partial charge is 0.360 e. The first-order valence-corrected chi connectivity index (χ1v) is 8.12. The molecule has 4 aromatic rings. The summed E-state index contributed by atoms with van der Waals surface area (Å²) in [5, 5.41) is 5.84. The van der Waals surface area contributed by atoms with Crippen molar-refractivity contribution < 1.29 is 13.2 Å². The number of hydrogen-bond donors (Lipinski definition) is 3. The summed E-state index contributed by atoms with van der Waals surface area (Å²) < 4.78 is 38.5. The van der Waals surface area contributed by atoms with E-state index in [4.69, 9.17) is 0 Å². The summed E-state index contributed by atoms with van der Waals surface area (Å²) in [5.74, 6) is 0.313. The van der Waals surface area contributed by atoms with Crippen molar-refractivity contribution in [2.75, 3.05) is 17.2 Å². The summed E-state index contributed by atoms with van der Waals surface area (Å²) in [5.41, 5.74) is 3.80. The van der Waals surface area contributed by atoms with Gasteiger partial charge >= 0.3 is 6.18 Å². The van der Waals surface area contributed by atoms with Crippen LogP contribution >= 0.6 is 11.3 Å². The molecule has 4 rings (SSSR count). The van der Waals surface area contributed by atoms with Gasteiger partial charge < -0.3 is 15.6 Å². The molecule has 0 spiro atoms. The molecule has 0 saturated carbocycles. The molecule has 128 valence electrons. The van der Waals surface area contributed by atoms with Crippen molar-refractivity contribution in [1.82, 2.24) is 19.9 Å². The van der Waals surface area contributed by atoms with E-state index in [-0.39, 0.29) is 11.8 Å². The van der Waals surface area contributed by atoms with E-state index in [2.05, 4.69) is 30.6 Å². The first kappa shape index (κ1) is 15.6. The first-order chi connectivity index (χ1) is 12.0. The number of H-pyrrole nitrogens is 1. The highest BCUT2D eigenvalue weighted by atomic mass is 32.1. The highest BCUT2D eigenvalue weighted by molar-refractivity contribution is 7.16. The highest BCUT2D eigenvalue weighted by Gasteiger charge is 2.27. The van der Waals surface area contributed by atoms with Crippen molar-refractivity contribution in [3.8, 4) is 0 Å². The predicted molar refractivity (Wildman–Crippen MR) is 91.3 cm³/mol. The van der Waals surface area contributed by atoms with E-state index in [9.17, 15) is 13.2 Å². The Morgan fingerprint density at radius 2 is 2.04 bits per heavy atom. The molecule has 3 aromatic heterocycles. The number of aromatic amines is 1. The second-order valence-electron chi connectivity index (χ2n) is 5.26. The van der Waals surface area contributed by atoms with Gasteiger partial charge in [0.1, 0.15) is 18.0 Å². The van der Waals surface area contributed by atoms with Gasteiger partial charge in [-0.05, 0) is 24.3 Å². The fraction of sp³-hybridized carbons (Fsp3) is 0.133. The van der Waals surface area contributed by atoms with Crippen molar-refractivity contribution in [3.05, 3.63) is 36.0 Å². The average Bonchev–Trinajstić information content (AvgIpc) is 3.19. The van der Waals surface area contributed by atoms with E-state index in [1.165, 1.54) is 11.3 Å². The Labute approximate surface area is 143 Å². The second-order valence-corrected chi connectivity index (χ2v) is 6.15. The lowest BCUT2D eigenvalue weighted by atomic mass is 10.3. The zero-order valence-corrected chi connectivity index (χ0v) is 13.4. The molecule has 0 fully saturated rings. The van der Waals surface area contributed by atoms with Crippen LogP contribution in [0.5, 0.6) is 0 Å². The van der Waals surface area contributed by atoms with Gasteiger partial charge in [0.05, 0.1) is 21.1 Å². The molecule has 10 heteroatoms. The summed E-state index contributed by atoms with van der Waals surface area (Å²) in [6.07, 6.45) is -2.73. The Hall–Kier alpha value is -2.88. The number of alkyl halides is 3. The fourth-order valence-electron chi connectivity index (χ4n) is 2.38. The second kappa shape index (κ2) is 5.88. The minimum atomic E-state index is -4.33. The molecular weight excluding hydrogens is 353 g/mol. The van der Waals surface area contributed by atoms with E-state index in [0.29, 0.717) is 11.0 Å². The predicted octanol–water partition coefficient (Wildman–Crippen LogP) is 4.29. The van der Waals surface area contributed by atoms with Crippen molar-refractivity contribution in [2.24, 2.45) is 0 Å². The third-order valence-corrected chi connectivity index (χ3v) is 4.25. The Balaban J connectivity index is 1.66. The lowest BCUT2D eigenvalue weighted by molar-refractivity contribution is -0.115. The SMILES string of the molecule is FC(F)(F)CNc1nc(Nc2ccc3ncsc3c2)nc2[nH]ccc12. The summed E-state index contributed by atoms with van der Waals surface area (Å²) in [4.78, 5) is 15.6. The molecule has 1 aromatic carbocycles. The van der Waals surface area contributed by atoms with Crippen LogP contribution in [-0.4, -0.2) is 32.7 Å². The molecule has 0 atom stereocenters. The number of nitrogens with zero attached hydrogens (tertiary/aromatic N) is 3. The van der Waals surface area contributed by atoms with Crippen molar-refractivity contribution >= 4 is 50.0 Å². The zero-order chi connectivity index (χ0) is 17.4. The number of benzene rings is 1. The normalized spacial score (nSPS) is 12.0. The number of rotatable bonds is 4. The fourth-order valence-corrected chi connectivity index (χ4v) is 3.09. The first-order valence-electron chi connectivity index (χ1n) is 7.24. The van der Waals surface area contributed by atoms with Crippen molar-refractivity contribution in [1.29, 1.82) is 0 Å². The van der Waals surface area contributed by atoms with Crippen molar-refractivity contribution in [3.63, 3.8) is 0 Å². The number of aromatic nitrogens is 4. The highest BCUT2D eigenvalue weighted by Crippen LogP contribution is 2.26. The van der Waals surface area contributed by atoms with Crippen LogP contribution in [0.1, 0.15) is 0 Å². The lowest BCUT2D eigenvalue weighted by Crippen LogP contribution is -2.22. The monoisotopic (exact) mass is 364 g/mol. The Bertz CT molecular complexity index is 1040. The maximum Gasteiger partial charge on any atom is 0.405 e. The molecular formula is C15H11F3N6S. The summed E-state index contributed by atoms with van der Waals surface area (Å²) >= 11 is 1.49. The van der Waals surface area contributed by atoms with Crippen LogP contribution < -0.4 is 10.6 Å². The molecule has 0 aliphatic heterocycles. The van der Waals surface area contributed by atoms with Crippen LogP contribution in [0.4, 0.5) is 30.6 Å². The molecule has 6 nitrogen and oxygen atoms in total. The molecule has 0 saturated heterocycles. The van der Waals surface area contributed by atoms with E-state index in [0.717, 1.165) is 15.9 Å². The number of anilines is 3. The van der Waals surface area contributed by atoms with Gasteiger partial charge in [-0.15, -0.1) is 11.3 Å². The van der Waals surface area contributed by atoms with Gasteiger partial charge in [0.15, 0.2) is 0 Å². The third-order valence-electron chi connectivity index (χ3n) is 3.46. The number of halogens is 3. The molecule has 0 aliphatic carbocycles. The number of hydrogen-bond acceptors (Lipinski definition) is 6. The average molecular weight is 364 g/mol. The van der Waals surface area contributed by atoms with Crippen LogP contribution in [0.3, 0.4) is 0 Å². The maximum absolute atomic E-state index is 12.5. The Morgan fingerprint density at radius 1 is 1.16 bits per heavy atom. The molecule has 0 aliphatic rings. The quantitative estimate of drug-likeness (QED) is 0.504. The Morgan fingerprint density at radius 3 is 2.88 bits per heavy atom. The number of nitrogens with one attached hydrogen (secondary N) is 3. The molecule has 3 heterocycles. The minimum absolute atomic E-state index is 0.116. The van der Waals surface area contributed by atoms with Crippen LogP contribution in [0.25, 0.3) is 21.3 Å². The molecule has 0 amide bonds. The molecule has 3 N–H and O–H groups in total. The summed E-state index contributed by atoms with van der Waals surface area (Å²) in [6, 6.07) is 7.18. The molecule has 0 unspecified atom stereocenters. The van der Waals surface area contributed by atoms with Crippen LogP contribution in [-0.2, 0) is 0 Å². The van der Waals surface area contributed by atoms with Gasteiger partial charge in [-0.25, -0.2) is 4.98 Å². The third kappa shape index (κ3) is 3.33. The van der Waals surface area contributed by atoms with E-state index < -0.39 is 12.7 Å². The number of fused-ring (bicyclic) bond motifs is 2. The lowest BCUT2D eigenvalue weighted by Gasteiger charge is -2.11. The minimum Gasteiger partial charge on any atom is -0.360 e. The number of thiazole rings is 1. The van der Waals surface area contributed by atoms with Crippen LogP contribution in [0.2, 0.25) is 0 Å². The molecule has 0 radical (unpaired) electrons. The molecule has 0 bridgehead atoms. The van der Waals surface area contributed by atoms with E-state index in [1.807, 2.05) is 18.2 Å². The molecule has 25 heavy (non-hydrogen) atoms. The van der Waals surface area contributed by atoms with Gasteiger partial charge in [-0.2, -0.15) is 23.1 Å². The van der Waals surface area contributed by atoms with Gasteiger partial charge in [0, 0.05) is 11.9 Å². The summed E-state index contributed by atoms with van der Waals surface area (Å²) in [7, 11) is 0. The topological polar surface area (TPSA) is 78.5 Å². The standard InChI is InChI=1S/C15H11F3N6S/c16-15(17,18)6-20-13-9-3-4-19-12(9)23-14(24-13)22-8-1-2-10-11(5-8)25-7-21-10/h1-5,7H,6H2,(H3,19,20,22,23,24). The largest absolute Gasteiger partial charge is 0.405 e. The van der Waals surface area contributed by atoms with Crippen LogP contribution in [0.15, 0.2) is 36.0 Å². The van der Waals surface area contributed by atoms with Crippen LogP contribution in [0, 0.1) is 0 Å². The van der Waals surface area contributed by atoms with E-state index >= 15 is 0 Å². The summed E-state index contributed by atoms with van der Waals surface area (Å²) in [6.45, 7) is -1.17. The maximum atomic E-state index is 12.5. The Kier molecular flexibility index (Phi) is 3.68. The van der Waals surface area contributed by atoms with Gasteiger partial charge in [-0.1, -0.05) is 0 Å². The van der Waals surface area contributed by atoms with Gasteiger partial charge in [-0.3, -0.25) is 0 Å². The van der Waals surface area contributed by atoms with Gasteiger partial charge in [0.2, 0.25) is 5.95 Å². The van der Waals surface area contributed by atoms with Crippen molar-refractivity contribution in [2.45, 2.75) is 6.18 Å². The zero-order valence-electron chi connectivity index (χ0n) is 12.6. The van der Waals surface area contributed by atoms with Gasteiger partial charge in [0.25, 0.3) is 0 Å². The van der Waals surface area contributed by atoms with E-state index in [1.54, 1.807) is 17.8 Å².